The van der Waals surface area contributed by atoms with E-state index in [1.807, 2.05) is 30.5 Å². The Morgan fingerprint density at radius 1 is 0.829 bits per heavy atom. The van der Waals surface area contributed by atoms with Gasteiger partial charge in [0.05, 0.1) is 0 Å². The van der Waals surface area contributed by atoms with Crippen molar-refractivity contribution in [1.82, 2.24) is 25.8 Å². The standard InChI is InChI=1S/C26H31N5O4/c1-16(29-25(34)18-10-6-5-7-11-18)23(32)28-17(2)24(33)30-22(26(35)31(3)4)14-19-15-27-21-13-9-8-12-20(19)21/h5-13,15-17,22,27H,14H2,1-4H3,(H,28,32)(H,29,34)(H,30,33)/t16-,17-,22+/m0/s1. The molecule has 0 saturated carbocycles. The van der Waals surface area contributed by atoms with Crippen molar-refractivity contribution in [3.05, 3.63) is 71.9 Å². The smallest absolute Gasteiger partial charge is 0.251 e. The number of benzene rings is 2. The van der Waals surface area contributed by atoms with Crippen molar-refractivity contribution in [2.45, 2.75) is 38.4 Å². The molecule has 3 rings (SSSR count). The summed E-state index contributed by atoms with van der Waals surface area (Å²) in [5.74, 6) is -1.66. The van der Waals surface area contributed by atoms with Crippen molar-refractivity contribution in [2.75, 3.05) is 14.1 Å². The van der Waals surface area contributed by atoms with Crippen LogP contribution in [0.1, 0.15) is 29.8 Å². The number of para-hydroxylation sites is 1. The fourth-order valence-corrected chi connectivity index (χ4v) is 3.67. The van der Waals surface area contributed by atoms with E-state index in [-0.39, 0.29) is 18.2 Å². The van der Waals surface area contributed by atoms with Gasteiger partial charge in [0.2, 0.25) is 17.7 Å². The maximum Gasteiger partial charge on any atom is 0.251 e. The molecular formula is C26H31N5O4. The summed E-state index contributed by atoms with van der Waals surface area (Å²) in [5.41, 5.74) is 2.27. The third-order valence-corrected chi connectivity index (χ3v) is 5.68. The van der Waals surface area contributed by atoms with Crippen molar-refractivity contribution < 1.29 is 19.2 Å². The van der Waals surface area contributed by atoms with E-state index in [1.54, 1.807) is 44.4 Å². The van der Waals surface area contributed by atoms with Gasteiger partial charge in [-0.15, -0.1) is 0 Å². The largest absolute Gasteiger partial charge is 0.361 e. The maximum atomic E-state index is 12.9. The van der Waals surface area contributed by atoms with Gasteiger partial charge in [-0.2, -0.15) is 0 Å². The minimum absolute atomic E-state index is 0.259. The summed E-state index contributed by atoms with van der Waals surface area (Å²) in [6.45, 7) is 3.07. The lowest BCUT2D eigenvalue weighted by Crippen LogP contribution is -2.55. The van der Waals surface area contributed by atoms with E-state index in [9.17, 15) is 19.2 Å². The molecule has 0 radical (unpaired) electrons. The Balaban J connectivity index is 1.62. The van der Waals surface area contributed by atoms with Crippen LogP contribution in [0.4, 0.5) is 0 Å². The quantitative estimate of drug-likeness (QED) is 0.374. The number of carbonyl (C=O) groups is 4. The van der Waals surface area contributed by atoms with Crippen LogP contribution in [0.15, 0.2) is 60.8 Å². The number of fused-ring (bicyclic) bond motifs is 1. The van der Waals surface area contributed by atoms with Crippen LogP contribution in [-0.4, -0.2) is 65.7 Å². The highest BCUT2D eigenvalue weighted by atomic mass is 16.2. The predicted octanol–water partition coefficient (Wildman–Crippen LogP) is 1.61. The number of likely N-dealkylation sites (N-methyl/N-ethyl adjacent to an activating group) is 1. The minimum Gasteiger partial charge on any atom is -0.361 e. The first-order chi connectivity index (χ1) is 16.7. The third kappa shape index (κ3) is 6.47. The van der Waals surface area contributed by atoms with E-state index in [4.69, 9.17) is 0 Å². The third-order valence-electron chi connectivity index (χ3n) is 5.68. The zero-order valence-corrected chi connectivity index (χ0v) is 20.3. The lowest BCUT2D eigenvalue weighted by Gasteiger charge is -2.24. The number of aromatic nitrogens is 1. The monoisotopic (exact) mass is 477 g/mol. The SMILES string of the molecule is C[C@H](NC(=O)c1ccccc1)C(=O)N[C@@H](C)C(=O)N[C@H](Cc1c[nH]c2ccccc12)C(=O)N(C)C. The molecule has 9 nitrogen and oxygen atoms in total. The topological polar surface area (TPSA) is 123 Å². The summed E-state index contributed by atoms with van der Waals surface area (Å²) in [6.07, 6.45) is 2.12. The van der Waals surface area contributed by atoms with Gasteiger partial charge in [0, 0.05) is 43.2 Å². The number of hydrogen-bond donors (Lipinski definition) is 4. The summed E-state index contributed by atoms with van der Waals surface area (Å²) in [7, 11) is 3.25. The van der Waals surface area contributed by atoms with Crippen LogP contribution < -0.4 is 16.0 Å². The van der Waals surface area contributed by atoms with Gasteiger partial charge in [-0.3, -0.25) is 19.2 Å². The van der Waals surface area contributed by atoms with Gasteiger partial charge in [-0.1, -0.05) is 36.4 Å². The fraction of sp³-hybridized carbons (Fsp3) is 0.308. The molecular weight excluding hydrogens is 446 g/mol. The second-order valence-electron chi connectivity index (χ2n) is 8.65. The first kappa shape index (κ1) is 25.5. The van der Waals surface area contributed by atoms with Crippen molar-refractivity contribution >= 4 is 34.5 Å². The van der Waals surface area contributed by atoms with Gasteiger partial charge in [0.15, 0.2) is 0 Å². The van der Waals surface area contributed by atoms with Crippen molar-refractivity contribution in [2.24, 2.45) is 0 Å². The number of amides is 4. The Hall–Kier alpha value is -4.14. The molecule has 0 aliphatic carbocycles. The molecule has 3 aromatic rings. The zero-order valence-electron chi connectivity index (χ0n) is 20.3. The molecule has 0 unspecified atom stereocenters. The van der Waals surface area contributed by atoms with Crippen LogP contribution in [0.25, 0.3) is 10.9 Å². The average Bonchev–Trinajstić information content (AvgIpc) is 3.26. The van der Waals surface area contributed by atoms with Gasteiger partial charge in [-0.05, 0) is 37.6 Å². The number of nitrogens with one attached hydrogen (secondary N) is 4. The number of carbonyl (C=O) groups excluding carboxylic acids is 4. The van der Waals surface area contributed by atoms with E-state index < -0.39 is 29.9 Å². The van der Waals surface area contributed by atoms with E-state index in [0.717, 1.165) is 16.5 Å². The van der Waals surface area contributed by atoms with E-state index >= 15 is 0 Å². The normalized spacial score (nSPS) is 13.4. The molecule has 0 fully saturated rings. The van der Waals surface area contributed by atoms with Gasteiger partial charge in [0.1, 0.15) is 18.1 Å². The van der Waals surface area contributed by atoms with E-state index in [0.29, 0.717) is 5.56 Å². The van der Waals surface area contributed by atoms with Crippen LogP contribution in [0, 0.1) is 0 Å². The van der Waals surface area contributed by atoms with E-state index in [1.165, 1.54) is 18.7 Å². The molecule has 0 aliphatic rings. The fourth-order valence-electron chi connectivity index (χ4n) is 3.67. The summed E-state index contributed by atoms with van der Waals surface area (Å²) in [4.78, 5) is 55.2. The Kier molecular flexibility index (Phi) is 8.25. The highest BCUT2D eigenvalue weighted by molar-refractivity contribution is 5.98. The van der Waals surface area contributed by atoms with Crippen LogP contribution in [-0.2, 0) is 20.8 Å². The number of nitrogens with zero attached hydrogens (tertiary/aromatic N) is 1. The molecule has 0 bridgehead atoms. The Bertz CT molecular complexity index is 1200. The summed E-state index contributed by atoms with van der Waals surface area (Å²) in [6, 6.07) is 13.7. The van der Waals surface area contributed by atoms with Crippen LogP contribution in [0.5, 0.6) is 0 Å². The Labute approximate surface area is 204 Å². The summed E-state index contributed by atoms with van der Waals surface area (Å²) < 4.78 is 0. The number of H-pyrrole nitrogens is 1. The first-order valence-electron chi connectivity index (χ1n) is 11.4. The Morgan fingerprint density at radius 3 is 2.11 bits per heavy atom. The van der Waals surface area contributed by atoms with Gasteiger partial charge in [-0.25, -0.2) is 0 Å². The molecule has 1 aromatic heterocycles. The summed E-state index contributed by atoms with van der Waals surface area (Å²) >= 11 is 0. The van der Waals surface area contributed by atoms with Gasteiger partial charge < -0.3 is 25.8 Å². The van der Waals surface area contributed by atoms with Crippen molar-refractivity contribution in [3.8, 4) is 0 Å². The van der Waals surface area contributed by atoms with Gasteiger partial charge >= 0.3 is 0 Å². The Morgan fingerprint density at radius 2 is 1.43 bits per heavy atom. The lowest BCUT2D eigenvalue weighted by molar-refractivity contribution is -0.135. The highest BCUT2D eigenvalue weighted by Crippen LogP contribution is 2.19. The minimum atomic E-state index is -0.918. The summed E-state index contributed by atoms with van der Waals surface area (Å²) in [5, 5.41) is 8.96. The first-order valence-corrected chi connectivity index (χ1v) is 11.4. The molecule has 2 aromatic carbocycles. The molecule has 9 heteroatoms. The van der Waals surface area contributed by atoms with Crippen molar-refractivity contribution in [3.63, 3.8) is 0 Å². The van der Waals surface area contributed by atoms with E-state index in [2.05, 4.69) is 20.9 Å². The second-order valence-corrected chi connectivity index (χ2v) is 8.65. The molecule has 184 valence electrons. The molecule has 4 amide bonds. The maximum absolute atomic E-state index is 12.9. The van der Waals surface area contributed by atoms with Crippen molar-refractivity contribution in [1.29, 1.82) is 0 Å². The second kappa shape index (κ2) is 11.3. The molecule has 4 N–H and O–H groups in total. The van der Waals surface area contributed by atoms with Gasteiger partial charge in [0.25, 0.3) is 5.91 Å². The lowest BCUT2D eigenvalue weighted by atomic mass is 10.0. The van der Waals surface area contributed by atoms with Crippen LogP contribution >= 0.6 is 0 Å². The molecule has 0 spiro atoms. The zero-order chi connectivity index (χ0) is 25.5. The molecule has 1 heterocycles. The van der Waals surface area contributed by atoms with Crippen LogP contribution in [0.2, 0.25) is 0 Å². The number of aromatic amines is 1. The molecule has 0 saturated heterocycles. The average molecular weight is 478 g/mol. The molecule has 35 heavy (non-hydrogen) atoms. The number of hydrogen-bond acceptors (Lipinski definition) is 4. The predicted molar refractivity (Wildman–Crippen MR) is 134 cm³/mol. The highest BCUT2D eigenvalue weighted by Gasteiger charge is 2.27. The number of rotatable bonds is 9. The van der Waals surface area contributed by atoms with Crippen LogP contribution in [0.3, 0.4) is 0 Å². The molecule has 3 atom stereocenters. The molecule has 0 aliphatic heterocycles.